The summed E-state index contributed by atoms with van der Waals surface area (Å²) in [6.07, 6.45) is 1.89. The summed E-state index contributed by atoms with van der Waals surface area (Å²) in [6.45, 7) is 6.67. The van der Waals surface area contributed by atoms with Gasteiger partial charge in [-0.25, -0.2) is 24.2 Å². The molecule has 0 fully saturated rings. The van der Waals surface area contributed by atoms with E-state index in [2.05, 4.69) is 36.6 Å². The lowest BCUT2D eigenvalue weighted by molar-refractivity contribution is -0.137. The Balaban J connectivity index is 0.786. The number of carbonyl (C=O) groups is 10. The van der Waals surface area contributed by atoms with E-state index in [1.807, 2.05) is 25.1 Å². The van der Waals surface area contributed by atoms with Gasteiger partial charge in [-0.1, -0.05) is 44.2 Å². The molecule has 96 heavy (non-hydrogen) atoms. The third-order valence-electron chi connectivity index (χ3n) is 15.6. The first kappa shape index (κ1) is 71.5. The minimum absolute atomic E-state index is 0.0206. The number of benzene rings is 4. The standard InChI is InChI=1S/C66H77ClN12O17/c1-39(2)58(75-64(88)94-31-30-93-29-28-92-27-26-91-25-24-78-54(81)19-20-55(78)82)61(85)73-48(10-7-21-69-63(68)87)60(84)71-45-15-11-41(12-16-45)38-95-65(89)76(4)22-23-77(5)66(90)96-52-34-51-57(56-40(3)8-6-9-47(52)56)44(35-67)37-79(51)62(86)49-32-43-33-53(70-36-50(43)72-49)74-59(83)42-13-17-46(80)18-14-42/h6,8-9,11-20,32-34,36,39,44,48,58,72,80H,7,10,21-31,35,37-38H2,1-5H3,(H,71,84)(H,73,85)(H,75,88)(H3,68,69,87)(H,70,74,83)/t44-,48+,58+/m1/s1. The maximum Gasteiger partial charge on any atom is 0.415 e. The van der Waals surface area contributed by atoms with E-state index in [9.17, 15) is 53.1 Å². The van der Waals surface area contributed by atoms with E-state index in [1.165, 1.54) is 66.5 Å². The van der Waals surface area contributed by atoms with Crippen molar-refractivity contribution >= 4 is 110 Å². The molecule has 3 atom stereocenters. The van der Waals surface area contributed by atoms with Gasteiger partial charge in [0.05, 0.1) is 63.6 Å². The number of fused-ring (bicyclic) bond motifs is 4. The van der Waals surface area contributed by atoms with Gasteiger partial charge in [-0.15, -0.1) is 11.6 Å². The summed E-state index contributed by atoms with van der Waals surface area (Å²) in [5, 5.41) is 24.9. The van der Waals surface area contributed by atoms with Crippen LogP contribution in [0.5, 0.6) is 11.5 Å². The van der Waals surface area contributed by atoms with Crippen LogP contribution in [-0.2, 0) is 49.5 Å². The molecule has 11 amide bonds. The van der Waals surface area contributed by atoms with Crippen molar-refractivity contribution in [3.05, 3.63) is 131 Å². The number of H-pyrrole nitrogens is 1. The summed E-state index contributed by atoms with van der Waals surface area (Å²) in [6, 6.07) is 19.7. The zero-order chi connectivity index (χ0) is 69.0. The van der Waals surface area contributed by atoms with E-state index >= 15 is 0 Å². The minimum atomic E-state index is -1.14. The smallest absolute Gasteiger partial charge is 0.415 e. The molecule has 0 saturated carbocycles. The lowest BCUT2D eigenvalue weighted by Gasteiger charge is -2.25. The number of aromatic hydroxyl groups is 1. The number of pyridine rings is 1. The summed E-state index contributed by atoms with van der Waals surface area (Å²) in [5.74, 6) is -2.92. The molecule has 0 unspecified atom stereocenters. The molecule has 6 aromatic rings. The van der Waals surface area contributed by atoms with E-state index in [4.69, 9.17) is 45.8 Å². The van der Waals surface area contributed by atoms with Crippen LogP contribution in [0.2, 0.25) is 0 Å². The van der Waals surface area contributed by atoms with Crippen LogP contribution in [0.25, 0.3) is 21.7 Å². The molecule has 2 aliphatic heterocycles. The summed E-state index contributed by atoms with van der Waals surface area (Å²) >= 11 is 6.61. The van der Waals surface area contributed by atoms with Gasteiger partial charge in [-0.2, -0.15) is 0 Å². The number of likely N-dealkylation sites (N-methyl/N-ethyl adjacent to an activating group) is 2. The monoisotopic (exact) mass is 1340 g/mol. The highest BCUT2D eigenvalue weighted by atomic mass is 35.5. The zero-order valence-electron chi connectivity index (χ0n) is 53.6. The second-order valence-corrected chi connectivity index (χ2v) is 23.2. The van der Waals surface area contributed by atoms with E-state index in [-0.39, 0.29) is 151 Å². The highest BCUT2D eigenvalue weighted by Crippen LogP contribution is 2.47. The average Bonchev–Trinajstić information content (AvgIpc) is 1.69. The van der Waals surface area contributed by atoms with Gasteiger partial charge in [0.25, 0.3) is 23.6 Å². The summed E-state index contributed by atoms with van der Waals surface area (Å²) in [5.41, 5.74) is 9.44. The molecule has 9 N–H and O–H groups in total. The Morgan fingerprint density at radius 2 is 1.46 bits per heavy atom. The predicted octanol–water partition coefficient (Wildman–Crippen LogP) is 6.26. The molecule has 4 heterocycles. The number of imide groups is 1. The number of alkyl carbamates (subject to hydrolysis) is 1. The maximum absolute atomic E-state index is 14.5. The molecule has 8 rings (SSSR count). The largest absolute Gasteiger partial charge is 0.508 e. The molecule has 510 valence electrons. The van der Waals surface area contributed by atoms with Crippen LogP contribution in [0, 0.1) is 12.8 Å². The lowest BCUT2D eigenvalue weighted by Crippen LogP contribution is -2.54. The average molecular weight is 1350 g/mol. The quantitative estimate of drug-likeness (QED) is 0.0131. The number of anilines is 3. The lowest BCUT2D eigenvalue weighted by atomic mass is 9.92. The van der Waals surface area contributed by atoms with E-state index in [0.717, 1.165) is 21.4 Å². The predicted molar refractivity (Wildman–Crippen MR) is 353 cm³/mol. The number of nitrogens with zero attached hydrogens (tertiary/aromatic N) is 5. The van der Waals surface area contributed by atoms with E-state index in [0.29, 0.717) is 38.8 Å². The third-order valence-corrected chi connectivity index (χ3v) is 15.9. The first-order chi connectivity index (χ1) is 46.1. The third kappa shape index (κ3) is 19.4. The molecule has 0 bridgehead atoms. The second-order valence-electron chi connectivity index (χ2n) is 22.9. The number of aromatic nitrogens is 2. The number of amides is 11. The number of phenolic OH excluding ortho intramolecular Hbond substituents is 1. The number of alkyl halides is 1. The topological polar surface area (TPSA) is 374 Å². The number of ether oxygens (including phenoxy) is 6. The first-order valence-electron chi connectivity index (χ1n) is 30.9. The van der Waals surface area contributed by atoms with Gasteiger partial charge in [0.2, 0.25) is 11.8 Å². The molecule has 4 aromatic carbocycles. The van der Waals surface area contributed by atoms with Crippen LogP contribution in [-0.4, -0.2) is 201 Å². The number of nitrogens with one attached hydrogen (secondary N) is 6. The fraction of sp³-hybridized carbons (Fsp3) is 0.379. The minimum Gasteiger partial charge on any atom is -0.508 e. The number of hydrogen-bond acceptors (Lipinski definition) is 18. The van der Waals surface area contributed by atoms with Gasteiger partial charge < -0.3 is 85.5 Å². The van der Waals surface area contributed by atoms with E-state index < -0.39 is 60.0 Å². The maximum atomic E-state index is 14.5. The van der Waals surface area contributed by atoms with Crippen molar-refractivity contribution in [3.8, 4) is 11.5 Å². The Hall–Kier alpha value is -10.4. The molecule has 0 radical (unpaired) electrons. The summed E-state index contributed by atoms with van der Waals surface area (Å²) in [4.78, 5) is 142. The Morgan fingerprint density at radius 1 is 0.792 bits per heavy atom. The summed E-state index contributed by atoms with van der Waals surface area (Å²) in [7, 11) is 3.03. The fourth-order valence-corrected chi connectivity index (χ4v) is 10.6. The van der Waals surface area contributed by atoms with Crippen LogP contribution in [0.15, 0.2) is 103 Å². The normalized spacial score (nSPS) is 13.9. The molecule has 0 spiro atoms. The number of carbonyl (C=O) groups excluding carboxylic acids is 10. The molecule has 30 heteroatoms. The number of halogens is 1. The SMILES string of the molecule is Cc1cccc2c(OC(=O)N(C)CCN(C)C(=O)OCc3ccc(NC(=O)[C@H](CCCNC(N)=O)NC(=O)[C@@H](NC(=O)OCCOCCOCCOCCN4C(=O)C=CC4=O)C(C)C)cc3)cc3c(c12)[C@H](CCl)CN3C(=O)c1cc2cc(NC(=O)c3ccc(O)cc3)ncc2[nH]1. The van der Waals surface area contributed by atoms with Crippen LogP contribution in [0.4, 0.5) is 36.4 Å². The number of hydrogen-bond donors (Lipinski definition) is 8. The molecule has 0 aliphatic carbocycles. The van der Waals surface area contributed by atoms with Gasteiger partial charge in [0.1, 0.15) is 48.3 Å². The number of aromatic amines is 1. The number of nitrogens with two attached hydrogens (primary N) is 1. The highest BCUT2D eigenvalue weighted by Gasteiger charge is 2.37. The first-order valence-corrected chi connectivity index (χ1v) is 31.4. The van der Waals surface area contributed by atoms with Crippen molar-refractivity contribution in [1.29, 1.82) is 0 Å². The van der Waals surface area contributed by atoms with Crippen molar-refractivity contribution in [3.63, 3.8) is 0 Å². The number of phenols is 1. The summed E-state index contributed by atoms with van der Waals surface area (Å²) < 4.78 is 33.1. The van der Waals surface area contributed by atoms with Crippen molar-refractivity contribution in [2.45, 2.75) is 58.2 Å². The zero-order valence-corrected chi connectivity index (χ0v) is 54.4. The Bertz CT molecular complexity index is 3830. The van der Waals surface area contributed by atoms with Crippen molar-refractivity contribution in [2.24, 2.45) is 11.7 Å². The van der Waals surface area contributed by atoms with Gasteiger partial charge in [0, 0.05) is 92.3 Å². The van der Waals surface area contributed by atoms with Crippen LogP contribution in [0.3, 0.4) is 0 Å². The molecule has 29 nitrogen and oxygen atoms in total. The van der Waals surface area contributed by atoms with Crippen molar-refractivity contribution < 1.29 is 81.5 Å². The molecular weight excluding hydrogens is 1270 g/mol. The number of aryl methyl sites for hydroxylation is 1. The van der Waals surface area contributed by atoms with Crippen LogP contribution < -0.4 is 42.0 Å². The fourth-order valence-electron chi connectivity index (χ4n) is 10.4. The molecule has 2 aromatic heterocycles. The number of primary amides is 1. The van der Waals surface area contributed by atoms with Gasteiger partial charge >= 0.3 is 24.3 Å². The second kappa shape index (κ2) is 34.2. The van der Waals surface area contributed by atoms with Crippen molar-refractivity contribution in [2.75, 3.05) is 114 Å². The van der Waals surface area contributed by atoms with Gasteiger partial charge in [0.15, 0.2) is 0 Å². The number of urea groups is 1. The molecule has 2 aliphatic rings. The van der Waals surface area contributed by atoms with Crippen molar-refractivity contribution in [1.82, 2.24) is 40.6 Å². The van der Waals surface area contributed by atoms with Gasteiger partial charge in [-0.05, 0) is 96.3 Å². The van der Waals surface area contributed by atoms with E-state index in [1.54, 1.807) is 61.2 Å². The Kier molecular flexibility index (Phi) is 25.4. The van der Waals surface area contributed by atoms with Gasteiger partial charge in [-0.3, -0.25) is 33.7 Å². The van der Waals surface area contributed by atoms with Crippen LogP contribution in [0.1, 0.15) is 70.1 Å². The highest BCUT2D eigenvalue weighted by molar-refractivity contribution is 6.20. The molecule has 0 saturated heterocycles. The Morgan fingerprint density at radius 3 is 2.12 bits per heavy atom. The Labute approximate surface area is 557 Å². The number of rotatable bonds is 32. The molecular formula is C66H77ClN12O17. The van der Waals surface area contributed by atoms with Crippen LogP contribution >= 0.6 is 11.6 Å².